The van der Waals surface area contributed by atoms with E-state index >= 15 is 0 Å². The zero-order chi connectivity index (χ0) is 16.4. The van der Waals surface area contributed by atoms with Crippen molar-refractivity contribution in [2.75, 3.05) is 6.61 Å². The second kappa shape index (κ2) is 7.10. The molecule has 0 saturated carbocycles. The minimum absolute atomic E-state index is 0.0794. The molecule has 120 valence electrons. The standard InChI is InChI=1S/C15H17Br2NO4/c1-8(2)11-7-22-15(21)18(11)14(20)12(17)13(19)9-5-3-4-6-10(9)16/h3-6,8,11-13,19H,7H2,1-2H3/t11-,12+,13+/m0/s1. The van der Waals surface area contributed by atoms with E-state index in [-0.39, 0.29) is 18.6 Å². The average Bonchev–Trinajstić information content (AvgIpc) is 2.87. The van der Waals surface area contributed by atoms with Gasteiger partial charge in [-0.3, -0.25) is 4.79 Å². The molecule has 3 atom stereocenters. The normalized spacial score (nSPS) is 20.9. The second-order valence-corrected chi connectivity index (χ2v) is 7.31. The molecule has 22 heavy (non-hydrogen) atoms. The number of benzene rings is 1. The summed E-state index contributed by atoms with van der Waals surface area (Å²) in [5.74, 6) is -0.417. The Balaban J connectivity index is 2.21. The van der Waals surface area contributed by atoms with E-state index in [4.69, 9.17) is 4.74 Å². The van der Waals surface area contributed by atoms with Gasteiger partial charge in [-0.15, -0.1) is 0 Å². The zero-order valence-corrected chi connectivity index (χ0v) is 15.4. The van der Waals surface area contributed by atoms with Crippen molar-refractivity contribution in [2.24, 2.45) is 5.92 Å². The Morgan fingerprint density at radius 3 is 2.64 bits per heavy atom. The maximum Gasteiger partial charge on any atom is 0.417 e. The first-order chi connectivity index (χ1) is 10.3. The molecule has 1 aliphatic heterocycles. The van der Waals surface area contributed by atoms with Crippen LogP contribution in [0.15, 0.2) is 28.7 Å². The number of cyclic esters (lactones) is 1. The lowest BCUT2D eigenvalue weighted by Gasteiger charge is -2.26. The minimum atomic E-state index is -1.08. The van der Waals surface area contributed by atoms with Crippen molar-refractivity contribution in [1.82, 2.24) is 4.90 Å². The number of rotatable bonds is 4. The van der Waals surface area contributed by atoms with E-state index in [1.807, 2.05) is 19.9 Å². The molecule has 0 aromatic heterocycles. The number of hydrogen-bond donors (Lipinski definition) is 1. The highest BCUT2D eigenvalue weighted by Gasteiger charge is 2.43. The lowest BCUT2D eigenvalue weighted by Crippen LogP contribution is -2.46. The first-order valence-corrected chi connectivity index (χ1v) is 8.61. The Morgan fingerprint density at radius 1 is 1.41 bits per heavy atom. The Labute approximate surface area is 145 Å². The monoisotopic (exact) mass is 433 g/mol. The molecule has 1 saturated heterocycles. The third kappa shape index (κ3) is 3.36. The fourth-order valence-corrected chi connectivity index (χ4v) is 3.35. The van der Waals surface area contributed by atoms with Gasteiger partial charge in [0.2, 0.25) is 5.91 Å². The number of halogens is 2. The van der Waals surface area contributed by atoms with Crippen LogP contribution in [0.5, 0.6) is 0 Å². The summed E-state index contributed by atoms with van der Waals surface area (Å²) in [7, 11) is 0. The number of ether oxygens (including phenoxy) is 1. The molecule has 0 bridgehead atoms. The number of hydrogen-bond acceptors (Lipinski definition) is 4. The van der Waals surface area contributed by atoms with E-state index in [0.717, 1.165) is 4.90 Å². The van der Waals surface area contributed by atoms with Gasteiger partial charge in [0.15, 0.2) is 0 Å². The van der Waals surface area contributed by atoms with Crippen molar-refractivity contribution in [3.63, 3.8) is 0 Å². The molecular formula is C15H17Br2NO4. The molecule has 0 unspecified atom stereocenters. The van der Waals surface area contributed by atoms with Gasteiger partial charge in [-0.2, -0.15) is 0 Å². The molecule has 7 heteroatoms. The molecule has 1 aromatic rings. The van der Waals surface area contributed by atoms with E-state index in [2.05, 4.69) is 31.9 Å². The predicted molar refractivity (Wildman–Crippen MR) is 88.6 cm³/mol. The minimum Gasteiger partial charge on any atom is -0.447 e. The van der Waals surface area contributed by atoms with Crippen LogP contribution in [-0.2, 0) is 9.53 Å². The summed E-state index contributed by atoms with van der Waals surface area (Å²) >= 11 is 6.57. The predicted octanol–water partition coefficient (Wildman–Crippen LogP) is 3.25. The molecule has 1 aliphatic rings. The average molecular weight is 435 g/mol. The van der Waals surface area contributed by atoms with E-state index in [1.165, 1.54) is 0 Å². The van der Waals surface area contributed by atoms with Gasteiger partial charge in [-0.1, -0.05) is 63.9 Å². The number of carbonyl (C=O) groups is 2. The van der Waals surface area contributed by atoms with Crippen LogP contribution in [0, 0.1) is 5.92 Å². The summed E-state index contributed by atoms with van der Waals surface area (Å²) in [6.45, 7) is 4.02. The first-order valence-electron chi connectivity index (χ1n) is 6.91. The van der Waals surface area contributed by atoms with E-state index in [0.29, 0.717) is 10.0 Å². The third-order valence-electron chi connectivity index (χ3n) is 3.65. The summed E-state index contributed by atoms with van der Waals surface area (Å²) in [6, 6.07) is 6.78. The fraction of sp³-hybridized carbons (Fsp3) is 0.467. The van der Waals surface area contributed by atoms with Gasteiger partial charge in [-0.25, -0.2) is 9.69 Å². The van der Waals surface area contributed by atoms with Gasteiger partial charge < -0.3 is 9.84 Å². The highest BCUT2D eigenvalue weighted by atomic mass is 79.9. The summed E-state index contributed by atoms with van der Waals surface area (Å²) in [6.07, 6.45) is -1.74. The van der Waals surface area contributed by atoms with Gasteiger partial charge in [0.1, 0.15) is 17.5 Å². The molecule has 1 fully saturated rings. The molecule has 0 aliphatic carbocycles. The lowest BCUT2D eigenvalue weighted by molar-refractivity contribution is -0.130. The highest BCUT2D eigenvalue weighted by molar-refractivity contribution is 9.10. The summed E-state index contributed by atoms with van der Waals surface area (Å²) in [5.41, 5.74) is 0.575. The van der Waals surface area contributed by atoms with Crippen LogP contribution in [0.25, 0.3) is 0 Å². The number of carbonyl (C=O) groups excluding carboxylic acids is 2. The molecule has 1 aromatic carbocycles. The second-order valence-electron chi connectivity index (χ2n) is 5.46. The van der Waals surface area contributed by atoms with Crippen molar-refractivity contribution < 1.29 is 19.4 Å². The quantitative estimate of drug-likeness (QED) is 0.738. The van der Waals surface area contributed by atoms with E-state index in [1.54, 1.807) is 18.2 Å². The number of alkyl halides is 1. The maximum atomic E-state index is 12.6. The Morgan fingerprint density at radius 2 is 2.05 bits per heavy atom. The number of imide groups is 1. The fourth-order valence-electron chi connectivity index (χ4n) is 2.32. The number of aliphatic hydroxyl groups is 1. The first kappa shape index (κ1) is 17.4. The summed E-state index contributed by atoms with van der Waals surface area (Å²) in [4.78, 5) is 24.6. The Bertz CT molecular complexity index is 578. The van der Waals surface area contributed by atoms with Crippen molar-refractivity contribution in [3.05, 3.63) is 34.3 Å². The zero-order valence-electron chi connectivity index (χ0n) is 12.2. The van der Waals surface area contributed by atoms with Crippen LogP contribution in [0.2, 0.25) is 0 Å². The van der Waals surface area contributed by atoms with Gasteiger partial charge in [0.05, 0.1) is 6.04 Å². The summed E-state index contributed by atoms with van der Waals surface area (Å²) < 4.78 is 5.67. The van der Waals surface area contributed by atoms with Gasteiger partial charge >= 0.3 is 6.09 Å². The van der Waals surface area contributed by atoms with Crippen LogP contribution in [0.3, 0.4) is 0 Å². The molecule has 0 radical (unpaired) electrons. The van der Waals surface area contributed by atoms with Gasteiger partial charge in [0, 0.05) is 4.47 Å². The smallest absolute Gasteiger partial charge is 0.417 e. The largest absolute Gasteiger partial charge is 0.447 e. The topological polar surface area (TPSA) is 66.8 Å². The number of nitrogens with zero attached hydrogens (tertiary/aromatic N) is 1. The van der Waals surface area contributed by atoms with Gasteiger partial charge in [-0.05, 0) is 17.5 Å². The number of aliphatic hydroxyl groups excluding tert-OH is 1. The van der Waals surface area contributed by atoms with Crippen molar-refractivity contribution in [2.45, 2.75) is 30.8 Å². The molecular weight excluding hydrogens is 418 g/mol. The van der Waals surface area contributed by atoms with E-state index in [9.17, 15) is 14.7 Å². The summed E-state index contributed by atoms with van der Waals surface area (Å²) in [5, 5.41) is 10.4. The van der Waals surface area contributed by atoms with Crippen molar-refractivity contribution in [3.8, 4) is 0 Å². The Hall–Kier alpha value is -0.920. The van der Waals surface area contributed by atoms with Crippen LogP contribution < -0.4 is 0 Å². The molecule has 2 rings (SSSR count). The SMILES string of the molecule is CC(C)[C@@H]1COC(=O)N1C(=O)[C@H](Br)[C@H](O)c1ccccc1Br. The van der Waals surface area contributed by atoms with E-state index < -0.39 is 22.9 Å². The molecule has 5 nitrogen and oxygen atoms in total. The lowest BCUT2D eigenvalue weighted by atomic mass is 10.0. The van der Waals surface area contributed by atoms with Gasteiger partial charge in [0.25, 0.3) is 0 Å². The maximum absolute atomic E-state index is 12.6. The van der Waals surface area contributed by atoms with Crippen LogP contribution in [-0.4, -0.2) is 39.5 Å². The van der Waals surface area contributed by atoms with Crippen molar-refractivity contribution >= 4 is 43.9 Å². The van der Waals surface area contributed by atoms with Crippen LogP contribution in [0.4, 0.5) is 4.79 Å². The number of amides is 2. The highest BCUT2D eigenvalue weighted by Crippen LogP contribution is 2.31. The van der Waals surface area contributed by atoms with Crippen LogP contribution >= 0.6 is 31.9 Å². The molecule has 1 heterocycles. The van der Waals surface area contributed by atoms with Crippen LogP contribution in [0.1, 0.15) is 25.5 Å². The van der Waals surface area contributed by atoms with Crippen molar-refractivity contribution in [1.29, 1.82) is 0 Å². The third-order valence-corrected chi connectivity index (χ3v) is 5.26. The molecule has 0 spiro atoms. The molecule has 1 N–H and O–H groups in total. The Kier molecular flexibility index (Phi) is 5.63. The molecule has 2 amide bonds.